The number of amides is 1. The number of piperidine rings is 1. The Kier molecular flexibility index (Phi) is 4.78. The number of furan rings is 1. The van der Waals surface area contributed by atoms with Gasteiger partial charge in [0.1, 0.15) is 5.58 Å². The van der Waals surface area contributed by atoms with Gasteiger partial charge in [0.25, 0.3) is 5.91 Å². The first-order valence-electron chi connectivity index (χ1n) is 9.05. The largest absolute Gasteiger partial charge is 0.451 e. The molecule has 1 fully saturated rings. The van der Waals surface area contributed by atoms with E-state index in [4.69, 9.17) is 4.42 Å². The molecule has 1 saturated heterocycles. The molecule has 1 N–H and O–H groups in total. The van der Waals surface area contributed by atoms with Crippen LogP contribution in [-0.4, -0.2) is 28.9 Å². The summed E-state index contributed by atoms with van der Waals surface area (Å²) in [6, 6.07) is 7.65. The molecule has 6 heteroatoms. The highest BCUT2D eigenvalue weighted by Crippen LogP contribution is 2.24. The van der Waals surface area contributed by atoms with E-state index in [0.29, 0.717) is 10.9 Å². The third kappa shape index (κ3) is 3.81. The van der Waals surface area contributed by atoms with Gasteiger partial charge in [0.15, 0.2) is 10.9 Å². The average Bonchev–Trinajstić information content (AvgIpc) is 3.23. The molecule has 3 aromatic rings. The molecule has 1 aliphatic rings. The number of rotatable bonds is 4. The topological polar surface area (TPSA) is 58.4 Å². The maximum atomic E-state index is 12.5. The van der Waals surface area contributed by atoms with E-state index in [2.05, 4.69) is 22.1 Å². The lowest BCUT2D eigenvalue weighted by molar-refractivity contribution is 0.0998. The molecule has 5 nitrogen and oxygen atoms in total. The fourth-order valence-electron chi connectivity index (χ4n) is 3.32. The smallest absolute Gasteiger partial charge is 0.293 e. The molecule has 0 saturated carbocycles. The van der Waals surface area contributed by atoms with Crippen LogP contribution in [-0.2, 0) is 6.54 Å². The SMILES string of the molecule is Cc1ccc2oc(C(=O)Nc3nc(CN4CCC(C)CC4)cs3)cc2c1. The average molecular weight is 369 g/mol. The van der Waals surface area contributed by atoms with E-state index in [1.165, 1.54) is 24.2 Å². The summed E-state index contributed by atoms with van der Waals surface area (Å²) in [5.41, 5.74) is 2.88. The van der Waals surface area contributed by atoms with E-state index in [1.807, 2.05) is 30.5 Å². The van der Waals surface area contributed by atoms with Gasteiger partial charge in [-0.1, -0.05) is 18.6 Å². The fourth-order valence-corrected chi connectivity index (χ4v) is 4.02. The zero-order valence-electron chi connectivity index (χ0n) is 15.1. The van der Waals surface area contributed by atoms with Crippen LogP contribution in [0.25, 0.3) is 11.0 Å². The summed E-state index contributed by atoms with van der Waals surface area (Å²) in [5, 5.41) is 6.43. The van der Waals surface area contributed by atoms with Crippen LogP contribution >= 0.6 is 11.3 Å². The van der Waals surface area contributed by atoms with Gasteiger partial charge in [-0.05, 0) is 57.0 Å². The summed E-state index contributed by atoms with van der Waals surface area (Å²) in [7, 11) is 0. The lowest BCUT2D eigenvalue weighted by Gasteiger charge is -2.29. The number of anilines is 1. The minimum Gasteiger partial charge on any atom is -0.451 e. The molecule has 0 atom stereocenters. The van der Waals surface area contributed by atoms with Crippen LogP contribution in [0.3, 0.4) is 0 Å². The quantitative estimate of drug-likeness (QED) is 0.725. The summed E-state index contributed by atoms with van der Waals surface area (Å²) < 4.78 is 5.65. The molecular weight excluding hydrogens is 346 g/mol. The molecule has 1 aromatic carbocycles. The number of hydrogen-bond acceptors (Lipinski definition) is 5. The highest BCUT2D eigenvalue weighted by atomic mass is 32.1. The molecule has 2 aromatic heterocycles. The second kappa shape index (κ2) is 7.21. The van der Waals surface area contributed by atoms with Gasteiger partial charge in [-0.2, -0.15) is 0 Å². The summed E-state index contributed by atoms with van der Waals surface area (Å²) >= 11 is 1.46. The van der Waals surface area contributed by atoms with Crippen LogP contribution in [0.5, 0.6) is 0 Å². The number of carbonyl (C=O) groups is 1. The standard InChI is InChI=1S/C20H23N3O2S/c1-13-5-7-23(8-6-13)11-16-12-26-20(21-16)22-19(24)18-10-15-9-14(2)3-4-17(15)25-18/h3-4,9-10,12-13H,5-8,11H2,1-2H3,(H,21,22,24). The van der Waals surface area contributed by atoms with Gasteiger partial charge in [-0.25, -0.2) is 4.98 Å². The number of benzene rings is 1. The number of nitrogens with zero attached hydrogens (tertiary/aromatic N) is 2. The van der Waals surface area contributed by atoms with Crippen molar-refractivity contribution in [3.05, 3.63) is 46.7 Å². The molecule has 26 heavy (non-hydrogen) atoms. The molecular formula is C20H23N3O2S. The van der Waals surface area contributed by atoms with E-state index in [9.17, 15) is 4.79 Å². The van der Waals surface area contributed by atoms with Crippen molar-refractivity contribution in [1.82, 2.24) is 9.88 Å². The van der Waals surface area contributed by atoms with Crippen LogP contribution in [0, 0.1) is 12.8 Å². The minimum absolute atomic E-state index is 0.258. The van der Waals surface area contributed by atoms with Gasteiger partial charge in [0.05, 0.1) is 5.69 Å². The molecule has 0 spiro atoms. The Hall–Kier alpha value is -2.18. The molecule has 1 aliphatic heterocycles. The van der Waals surface area contributed by atoms with E-state index in [-0.39, 0.29) is 5.91 Å². The molecule has 0 unspecified atom stereocenters. The third-order valence-electron chi connectivity index (χ3n) is 4.93. The zero-order chi connectivity index (χ0) is 18.1. The van der Waals surface area contributed by atoms with Crippen LogP contribution in [0.1, 0.15) is 41.6 Å². The van der Waals surface area contributed by atoms with Crippen LogP contribution in [0.2, 0.25) is 0 Å². The second-order valence-electron chi connectivity index (χ2n) is 7.21. The van der Waals surface area contributed by atoms with E-state index >= 15 is 0 Å². The monoisotopic (exact) mass is 369 g/mol. The lowest BCUT2D eigenvalue weighted by atomic mass is 9.99. The maximum absolute atomic E-state index is 12.5. The third-order valence-corrected chi connectivity index (χ3v) is 5.74. The summed E-state index contributed by atoms with van der Waals surface area (Å²) in [6.45, 7) is 7.43. The number of likely N-dealkylation sites (tertiary alicyclic amines) is 1. The van der Waals surface area contributed by atoms with Crippen LogP contribution in [0.15, 0.2) is 34.1 Å². The summed E-state index contributed by atoms with van der Waals surface area (Å²) in [5.74, 6) is 0.878. The first-order chi connectivity index (χ1) is 12.6. The highest BCUT2D eigenvalue weighted by molar-refractivity contribution is 7.13. The number of aryl methyl sites for hydroxylation is 1. The Bertz CT molecular complexity index is 922. The molecule has 0 bridgehead atoms. The molecule has 3 heterocycles. The minimum atomic E-state index is -0.258. The van der Waals surface area contributed by atoms with Crippen molar-refractivity contribution >= 4 is 33.3 Å². The Balaban J connectivity index is 1.40. The molecule has 136 valence electrons. The number of aromatic nitrogens is 1. The molecule has 0 aliphatic carbocycles. The number of thiazole rings is 1. The fraction of sp³-hybridized carbons (Fsp3) is 0.400. The molecule has 1 amide bonds. The van der Waals surface area contributed by atoms with Gasteiger partial charge < -0.3 is 4.42 Å². The predicted molar refractivity (Wildman–Crippen MR) is 105 cm³/mol. The zero-order valence-corrected chi connectivity index (χ0v) is 15.9. The second-order valence-corrected chi connectivity index (χ2v) is 8.07. The van der Waals surface area contributed by atoms with Crippen molar-refractivity contribution in [2.75, 3.05) is 18.4 Å². The first kappa shape index (κ1) is 17.2. The van der Waals surface area contributed by atoms with Gasteiger partial charge in [0.2, 0.25) is 0 Å². The Labute approximate surface area is 157 Å². The van der Waals surface area contributed by atoms with E-state index < -0.39 is 0 Å². The van der Waals surface area contributed by atoms with Crippen molar-refractivity contribution in [2.24, 2.45) is 5.92 Å². The van der Waals surface area contributed by atoms with Crippen molar-refractivity contribution in [1.29, 1.82) is 0 Å². The number of carbonyl (C=O) groups excluding carboxylic acids is 1. The first-order valence-corrected chi connectivity index (χ1v) is 9.93. The number of nitrogens with one attached hydrogen (secondary N) is 1. The lowest BCUT2D eigenvalue weighted by Crippen LogP contribution is -2.32. The molecule has 4 rings (SSSR count). The number of fused-ring (bicyclic) bond motifs is 1. The summed E-state index contributed by atoms with van der Waals surface area (Å²) in [4.78, 5) is 19.4. The van der Waals surface area contributed by atoms with Crippen molar-refractivity contribution in [2.45, 2.75) is 33.2 Å². The van der Waals surface area contributed by atoms with Crippen LogP contribution < -0.4 is 5.32 Å². The predicted octanol–water partition coefficient (Wildman–Crippen LogP) is 4.68. The van der Waals surface area contributed by atoms with Crippen molar-refractivity contribution in [3.63, 3.8) is 0 Å². The number of hydrogen-bond donors (Lipinski definition) is 1. The van der Waals surface area contributed by atoms with Gasteiger partial charge >= 0.3 is 0 Å². The van der Waals surface area contributed by atoms with Gasteiger partial charge in [-0.15, -0.1) is 11.3 Å². The normalized spacial score (nSPS) is 16.2. The van der Waals surface area contributed by atoms with Crippen molar-refractivity contribution in [3.8, 4) is 0 Å². The Morgan fingerprint density at radius 2 is 2.15 bits per heavy atom. The van der Waals surface area contributed by atoms with Crippen molar-refractivity contribution < 1.29 is 9.21 Å². The Morgan fingerprint density at radius 3 is 2.96 bits per heavy atom. The van der Waals surface area contributed by atoms with Gasteiger partial charge in [-0.3, -0.25) is 15.0 Å². The van der Waals surface area contributed by atoms with E-state index in [0.717, 1.165) is 47.8 Å². The molecule has 0 radical (unpaired) electrons. The van der Waals surface area contributed by atoms with Crippen LogP contribution in [0.4, 0.5) is 5.13 Å². The summed E-state index contributed by atoms with van der Waals surface area (Å²) in [6.07, 6.45) is 2.50. The van der Waals surface area contributed by atoms with Gasteiger partial charge in [0, 0.05) is 17.3 Å². The maximum Gasteiger partial charge on any atom is 0.293 e. The Morgan fingerprint density at radius 1 is 1.35 bits per heavy atom. The van der Waals surface area contributed by atoms with E-state index in [1.54, 1.807) is 6.07 Å². The highest BCUT2D eigenvalue weighted by Gasteiger charge is 2.18.